The van der Waals surface area contributed by atoms with E-state index in [-0.39, 0.29) is 11.5 Å². The fraction of sp³-hybridized carbons (Fsp3) is 0.857. The molecule has 0 aromatic carbocycles. The molecule has 1 aliphatic carbocycles. The van der Waals surface area contributed by atoms with Crippen molar-refractivity contribution in [3.8, 4) is 0 Å². The summed E-state index contributed by atoms with van der Waals surface area (Å²) in [6, 6.07) is 0. The van der Waals surface area contributed by atoms with Crippen molar-refractivity contribution in [2.24, 2.45) is 5.41 Å². The van der Waals surface area contributed by atoms with Crippen LogP contribution >= 0.6 is 0 Å². The molecule has 2 unspecified atom stereocenters. The summed E-state index contributed by atoms with van der Waals surface area (Å²) >= 11 is 0. The zero-order valence-corrected chi connectivity index (χ0v) is 6.16. The Morgan fingerprint density at radius 2 is 2.27 bits per heavy atom. The summed E-state index contributed by atoms with van der Waals surface area (Å²) in [5, 5.41) is 17.8. The number of aliphatic hydroxyl groups is 1. The van der Waals surface area contributed by atoms with Gasteiger partial charge in [-0.15, -0.1) is 0 Å². The lowest BCUT2D eigenvalue weighted by Crippen LogP contribution is -2.27. The van der Waals surface area contributed by atoms with Crippen LogP contribution in [0.1, 0.15) is 12.8 Å². The van der Waals surface area contributed by atoms with Gasteiger partial charge in [0.1, 0.15) is 0 Å². The number of likely N-dealkylation sites (tertiary alicyclic amines) is 1. The van der Waals surface area contributed by atoms with Gasteiger partial charge in [-0.3, -0.25) is 0 Å². The highest BCUT2D eigenvalue weighted by Gasteiger charge is 2.57. The summed E-state index contributed by atoms with van der Waals surface area (Å²) in [7, 11) is 0. The highest BCUT2D eigenvalue weighted by atomic mass is 16.4. The van der Waals surface area contributed by atoms with Crippen molar-refractivity contribution in [2.45, 2.75) is 18.9 Å². The maximum Gasteiger partial charge on any atom is 0.407 e. The van der Waals surface area contributed by atoms with E-state index in [0.29, 0.717) is 13.1 Å². The van der Waals surface area contributed by atoms with Gasteiger partial charge in [0.15, 0.2) is 0 Å². The zero-order chi connectivity index (χ0) is 8.06. The highest BCUT2D eigenvalue weighted by molar-refractivity contribution is 5.65. The van der Waals surface area contributed by atoms with E-state index in [9.17, 15) is 9.90 Å². The van der Waals surface area contributed by atoms with E-state index >= 15 is 0 Å². The lowest BCUT2D eigenvalue weighted by molar-refractivity contribution is 0.150. The van der Waals surface area contributed by atoms with Crippen LogP contribution in [0.2, 0.25) is 0 Å². The second-order valence-corrected chi connectivity index (χ2v) is 3.54. The fourth-order valence-corrected chi connectivity index (χ4v) is 1.82. The molecule has 1 saturated carbocycles. The molecule has 1 spiro atoms. The predicted molar refractivity (Wildman–Crippen MR) is 37.3 cm³/mol. The monoisotopic (exact) mass is 157 g/mol. The molecule has 2 aliphatic rings. The smallest absolute Gasteiger partial charge is 0.407 e. The van der Waals surface area contributed by atoms with Gasteiger partial charge in [0.05, 0.1) is 6.10 Å². The minimum absolute atomic E-state index is 0.0433. The molecule has 1 amide bonds. The van der Waals surface area contributed by atoms with Gasteiger partial charge < -0.3 is 15.1 Å². The van der Waals surface area contributed by atoms with Crippen molar-refractivity contribution in [1.82, 2.24) is 4.90 Å². The number of rotatable bonds is 0. The Kier molecular flexibility index (Phi) is 1.18. The first kappa shape index (κ1) is 6.91. The molecule has 2 atom stereocenters. The number of aliphatic hydroxyl groups excluding tert-OH is 1. The maximum atomic E-state index is 10.5. The van der Waals surface area contributed by atoms with Crippen molar-refractivity contribution in [1.29, 1.82) is 0 Å². The minimum Gasteiger partial charge on any atom is -0.465 e. The molecular weight excluding hydrogens is 146 g/mol. The molecule has 62 valence electrons. The Balaban J connectivity index is 2.00. The molecule has 1 saturated heterocycles. The molecular formula is C7H11NO3. The molecule has 2 N–H and O–H groups in total. The topological polar surface area (TPSA) is 60.8 Å². The van der Waals surface area contributed by atoms with Gasteiger partial charge in [0.2, 0.25) is 0 Å². The van der Waals surface area contributed by atoms with Crippen LogP contribution in [-0.4, -0.2) is 40.4 Å². The van der Waals surface area contributed by atoms with Crippen molar-refractivity contribution >= 4 is 6.09 Å². The summed E-state index contributed by atoms with van der Waals surface area (Å²) in [5.41, 5.74) is -0.0433. The molecule has 0 aromatic rings. The van der Waals surface area contributed by atoms with Crippen LogP contribution in [0.4, 0.5) is 4.79 Å². The summed E-state index contributed by atoms with van der Waals surface area (Å²) in [6.45, 7) is 1.12. The van der Waals surface area contributed by atoms with Crippen LogP contribution in [0.3, 0.4) is 0 Å². The summed E-state index contributed by atoms with van der Waals surface area (Å²) in [5.74, 6) is 0. The van der Waals surface area contributed by atoms with E-state index in [4.69, 9.17) is 5.11 Å². The molecule has 2 fully saturated rings. The lowest BCUT2D eigenvalue weighted by atomic mass is 10.1. The van der Waals surface area contributed by atoms with Gasteiger partial charge in [-0.1, -0.05) is 0 Å². The molecule has 0 radical (unpaired) electrons. The Bertz CT molecular complexity index is 206. The first-order chi connectivity index (χ1) is 5.14. The van der Waals surface area contributed by atoms with Crippen molar-refractivity contribution < 1.29 is 15.0 Å². The molecule has 4 nitrogen and oxygen atoms in total. The van der Waals surface area contributed by atoms with Crippen LogP contribution in [0.25, 0.3) is 0 Å². The van der Waals surface area contributed by atoms with Gasteiger partial charge in [-0.2, -0.15) is 0 Å². The van der Waals surface area contributed by atoms with E-state index in [1.807, 2.05) is 0 Å². The Morgan fingerprint density at radius 1 is 1.64 bits per heavy atom. The predicted octanol–water partition coefficient (Wildman–Crippen LogP) is 0.121. The van der Waals surface area contributed by atoms with Crippen LogP contribution in [-0.2, 0) is 0 Å². The second-order valence-electron chi connectivity index (χ2n) is 3.54. The highest BCUT2D eigenvalue weighted by Crippen LogP contribution is 2.52. The van der Waals surface area contributed by atoms with E-state index in [1.54, 1.807) is 0 Å². The number of hydrogen-bond acceptors (Lipinski definition) is 2. The Labute approximate surface area is 64.4 Å². The molecule has 4 heteroatoms. The van der Waals surface area contributed by atoms with Crippen LogP contribution < -0.4 is 0 Å². The van der Waals surface area contributed by atoms with Crippen molar-refractivity contribution in [3.63, 3.8) is 0 Å². The zero-order valence-electron chi connectivity index (χ0n) is 6.16. The second kappa shape index (κ2) is 1.88. The third-order valence-electron chi connectivity index (χ3n) is 2.80. The SMILES string of the molecule is O=C(O)N1CCC2(CC2O)C1. The molecule has 2 rings (SSSR count). The van der Waals surface area contributed by atoms with Crippen molar-refractivity contribution in [2.75, 3.05) is 13.1 Å². The number of amides is 1. The molecule has 11 heavy (non-hydrogen) atoms. The normalized spacial score (nSPS) is 41.5. The molecule has 1 aliphatic heterocycles. The first-order valence-corrected chi connectivity index (χ1v) is 3.80. The average Bonchev–Trinajstić information content (AvgIpc) is 2.44. The van der Waals surface area contributed by atoms with Gasteiger partial charge in [0, 0.05) is 18.5 Å². The molecule has 0 bridgehead atoms. The first-order valence-electron chi connectivity index (χ1n) is 3.80. The van der Waals surface area contributed by atoms with Crippen LogP contribution in [0.5, 0.6) is 0 Å². The van der Waals surface area contributed by atoms with E-state index in [2.05, 4.69) is 0 Å². The average molecular weight is 157 g/mol. The van der Waals surface area contributed by atoms with Crippen LogP contribution in [0.15, 0.2) is 0 Å². The summed E-state index contributed by atoms with van der Waals surface area (Å²) in [4.78, 5) is 11.9. The third kappa shape index (κ3) is 0.894. The van der Waals surface area contributed by atoms with Gasteiger partial charge in [-0.05, 0) is 12.8 Å². The van der Waals surface area contributed by atoms with Gasteiger partial charge in [0.25, 0.3) is 0 Å². The van der Waals surface area contributed by atoms with Gasteiger partial charge in [-0.25, -0.2) is 4.79 Å². The van der Waals surface area contributed by atoms with E-state index in [1.165, 1.54) is 4.90 Å². The fourth-order valence-electron chi connectivity index (χ4n) is 1.82. The Hall–Kier alpha value is -0.770. The number of nitrogens with zero attached hydrogens (tertiary/aromatic N) is 1. The quantitative estimate of drug-likeness (QED) is 0.525. The minimum atomic E-state index is -0.860. The van der Waals surface area contributed by atoms with E-state index in [0.717, 1.165) is 12.8 Å². The van der Waals surface area contributed by atoms with Gasteiger partial charge >= 0.3 is 6.09 Å². The third-order valence-corrected chi connectivity index (χ3v) is 2.80. The summed E-state index contributed by atoms with van der Waals surface area (Å²) < 4.78 is 0. The lowest BCUT2D eigenvalue weighted by Gasteiger charge is -2.10. The summed E-state index contributed by atoms with van der Waals surface area (Å²) in [6.07, 6.45) is 0.518. The number of carbonyl (C=O) groups is 1. The van der Waals surface area contributed by atoms with Crippen LogP contribution in [0, 0.1) is 5.41 Å². The number of hydrogen-bond donors (Lipinski definition) is 2. The maximum absolute atomic E-state index is 10.5. The van der Waals surface area contributed by atoms with E-state index < -0.39 is 6.09 Å². The standard InChI is InChI=1S/C7H11NO3/c9-5-3-7(5)1-2-8(4-7)6(10)11/h5,9H,1-4H2,(H,10,11). The largest absolute Gasteiger partial charge is 0.465 e. The molecule has 0 aromatic heterocycles. The van der Waals surface area contributed by atoms with Crippen molar-refractivity contribution in [3.05, 3.63) is 0 Å². The number of carboxylic acid groups (broad SMARTS) is 1. The Morgan fingerprint density at radius 3 is 2.55 bits per heavy atom. The molecule has 1 heterocycles.